The van der Waals surface area contributed by atoms with Gasteiger partial charge in [-0.05, 0) is 25.0 Å². The second-order valence-electron chi connectivity index (χ2n) is 3.39. The Morgan fingerprint density at radius 1 is 1.50 bits per heavy atom. The van der Waals surface area contributed by atoms with E-state index in [0.29, 0.717) is 19.3 Å². The summed E-state index contributed by atoms with van der Waals surface area (Å²) in [6.45, 7) is 5.29. The number of nitrogens with zero attached hydrogens (tertiary/aromatic N) is 1. The molecule has 1 unspecified atom stereocenters. The predicted octanol–water partition coefficient (Wildman–Crippen LogP) is 1.86. The summed E-state index contributed by atoms with van der Waals surface area (Å²) in [6.07, 6.45) is 3.13. The van der Waals surface area contributed by atoms with Crippen LogP contribution in [0.3, 0.4) is 0 Å². The van der Waals surface area contributed by atoms with Crippen LogP contribution in [0.4, 0.5) is 0 Å². The normalized spacial score (nSPS) is 12.8. The van der Waals surface area contributed by atoms with Crippen molar-refractivity contribution >= 4 is 0 Å². The van der Waals surface area contributed by atoms with Crippen molar-refractivity contribution in [1.29, 1.82) is 0 Å². The molecule has 3 heteroatoms. The van der Waals surface area contributed by atoms with Gasteiger partial charge in [0.05, 0.1) is 18.4 Å². The largest absolute Gasteiger partial charge is 0.372 e. The Labute approximate surface area is 85.3 Å². The molecule has 0 aliphatic carbocycles. The minimum absolute atomic E-state index is 0.297. The number of nitrogens with two attached hydrogens (primary N) is 1. The van der Waals surface area contributed by atoms with E-state index < -0.39 is 0 Å². The lowest BCUT2D eigenvalue weighted by atomic mass is 10.2. The molecule has 1 aromatic rings. The molecule has 0 saturated heterocycles. The van der Waals surface area contributed by atoms with Crippen LogP contribution in [-0.4, -0.2) is 11.1 Å². The summed E-state index contributed by atoms with van der Waals surface area (Å²) in [4.78, 5) is 4.25. The highest BCUT2D eigenvalue weighted by Crippen LogP contribution is 2.04. The predicted molar refractivity (Wildman–Crippen MR) is 56.7 cm³/mol. The lowest BCUT2D eigenvalue weighted by molar-refractivity contribution is 0.0489. The van der Waals surface area contributed by atoms with Crippen LogP contribution in [0, 0.1) is 0 Å². The SMILES string of the molecule is CCC(C)OCc1ccc(CN)cn1. The first-order valence-electron chi connectivity index (χ1n) is 5.01. The van der Waals surface area contributed by atoms with Crippen LogP contribution in [0.25, 0.3) is 0 Å². The van der Waals surface area contributed by atoms with E-state index in [1.165, 1.54) is 0 Å². The van der Waals surface area contributed by atoms with Gasteiger partial charge < -0.3 is 10.5 Å². The van der Waals surface area contributed by atoms with Crippen molar-refractivity contribution in [1.82, 2.24) is 4.98 Å². The lowest BCUT2D eigenvalue weighted by Gasteiger charge is -2.09. The maximum absolute atomic E-state index is 5.56. The van der Waals surface area contributed by atoms with Gasteiger partial charge in [0.25, 0.3) is 0 Å². The number of rotatable bonds is 5. The Hall–Kier alpha value is -0.930. The standard InChI is InChI=1S/C11H18N2O/c1-3-9(2)14-8-11-5-4-10(6-12)7-13-11/h4-5,7,9H,3,6,8,12H2,1-2H3. The number of aromatic nitrogens is 1. The first-order valence-corrected chi connectivity index (χ1v) is 5.01. The third-order valence-electron chi connectivity index (χ3n) is 2.21. The van der Waals surface area contributed by atoms with Crippen LogP contribution in [0.1, 0.15) is 31.5 Å². The van der Waals surface area contributed by atoms with Crippen molar-refractivity contribution in [3.05, 3.63) is 29.6 Å². The molecule has 0 amide bonds. The number of pyridine rings is 1. The van der Waals surface area contributed by atoms with Gasteiger partial charge in [-0.15, -0.1) is 0 Å². The van der Waals surface area contributed by atoms with E-state index in [-0.39, 0.29) is 0 Å². The van der Waals surface area contributed by atoms with Crippen molar-refractivity contribution in [3.63, 3.8) is 0 Å². The van der Waals surface area contributed by atoms with Gasteiger partial charge in [0.1, 0.15) is 0 Å². The maximum Gasteiger partial charge on any atom is 0.0891 e. The number of ether oxygens (including phenoxy) is 1. The second kappa shape index (κ2) is 5.73. The Morgan fingerprint density at radius 2 is 2.29 bits per heavy atom. The molecule has 78 valence electrons. The Kier molecular flexibility index (Phi) is 4.56. The maximum atomic E-state index is 5.56. The van der Waals surface area contributed by atoms with Crippen molar-refractivity contribution in [2.24, 2.45) is 5.73 Å². The Balaban J connectivity index is 2.43. The quantitative estimate of drug-likeness (QED) is 0.778. The zero-order chi connectivity index (χ0) is 10.4. The smallest absolute Gasteiger partial charge is 0.0891 e. The summed E-state index contributed by atoms with van der Waals surface area (Å²) in [6, 6.07) is 3.95. The fourth-order valence-corrected chi connectivity index (χ4v) is 1.01. The average molecular weight is 194 g/mol. The van der Waals surface area contributed by atoms with Gasteiger partial charge in [-0.25, -0.2) is 0 Å². The zero-order valence-corrected chi connectivity index (χ0v) is 8.86. The molecule has 0 aliphatic heterocycles. The molecule has 0 radical (unpaired) electrons. The summed E-state index contributed by atoms with van der Waals surface area (Å²) in [5, 5.41) is 0. The molecule has 1 aromatic heterocycles. The molecule has 1 rings (SSSR count). The molecule has 1 heterocycles. The van der Waals surface area contributed by atoms with E-state index in [4.69, 9.17) is 10.5 Å². The molecule has 0 saturated carbocycles. The summed E-state index contributed by atoms with van der Waals surface area (Å²) in [5.74, 6) is 0. The second-order valence-corrected chi connectivity index (χ2v) is 3.39. The highest BCUT2D eigenvalue weighted by molar-refractivity contribution is 5.13. The highest BCUT2D eigenvalue weighted by Gasteiger charge is 2.00. The summed E-state index contributed by atoms with van der Waals surface area (Å²) < 4.78 is 5.56. The first kappa shape index (κ1) is 11.1. The van der Waals surface area contributed by atoms with Gasteiger partial charge in [0.2, 0.25) is 0 Å². The van der Waals surface area contributed by atoms with Crippen molar-refractivity contribution in [2.75, 3.05) is 0 Å². The minimum atomic E-state index is 0.297. The molecular weight excluding hydrogens is 176 g/mol. The lowest BCUT2D eigenvalue weighted by Crippen LogP contribution is -2.07. The molecule has 0 aliphatic rings. The highest BCUT2D eigenvalue weighted by atomic mass is 16.5. The van der Waals surface area contributed by atoms with Gasteiger partial charge in [0, 0.05) is 12.7 Å². The molecular formula is C11H18N2O. The van der Waals surface area contributed by atoms with E-state index >= 15 is 0 Å². The van der Waals surface area contributed by atoms with Crippen LogP contribution in [0.15, 0.2) is 18.3 Å². The molecule has 1 atom stereocenters. The van der Waals surface area contributed by atoms with E-state index in [1.807, 2.05) is 12.1 Å². The molecule has 0 spiro atoms. The molecule has 14 heavy (non-hydrogen) atoms. The van der Waals surface area contributed by atoms with E-state index in [0.717, 1.165) is 17.7 Å². The van der Waals surface area contributed by atoms with Crippen LogP contribution < -0.4 is 5.73 Å². The molecule has 0 bridgehead atoms. The third-order valence-corrected chi connectivity index (χ3v) is 2.21. The molecule has 3 nitrogen and oxygen atoms in total. The third kappa shape index (κ3) is 3.44. The van der Waals surface area contributed by atoms with Gasteiger partial charge in [-0.3, -0.25) is 4.98 Å². The van der Waals surface area contributed by atoms with Crippen LogP contribution in [0.2, 0.25) is 0 Å². The molecule has 0 aromatic carbocycles. The molecule has 2 N–H and O–H groups in total. The van der Waals surface area contributed by atoms with Crippen LogP contribution >= 0.6 is 0 Å². The van der Waals surface area contributed by atoms with Gasteiger partial charge in [-0.1, -0.05) is 13.0 Å². The number of hydrogen-bond acceptors (Lipinski definition) is 3. The summed E-state index contributed by atoms with van der Waals surface area (Å²) in [5.41, 5.74) is 7.49. The minimum Gasteiger partial charge on any atom is -0.372 e. The monoisotopic (exact) mass is 194 g/mol. The fourth-order valence-electron chi connectivity index (χ4n) is 1.01. The van der Waals surface area contributed by atoms with Crippen LogP contribution in [-0.2, 0) is 17.9 Å². The number of hydrogen-bond donors (Lipinski definition) is 1. The summed E-state index contributed by atoms with van der Waals surface area (Å²) >= 11 is 0. The van der Waals surface area contributed by atoms with E-state index in [1.54, 1.807) is 6.20 Å². The van der Waals surface area contributed by atoms with Crippen molar-refractivity contribution in [2.45, 2.75) is 39.5 Å². The van der Waals surface area contributed by atoms with Crippen molar-refractivity contribution < 1.29 is 4.74 Å². The van der Waals surface area contributed by atoms with E-state index in [9.17, 15) is 0 Å². The average Bonchev–Trinajstić information content (AvgIpc) is 2.26. The van der Waals surface area contributed by atoms with E-state index in [2.05, 4.69) is 18.8 Å². The van der Waals surface area contributed by atoms with Crippen molar-refractivity contribution in [3.8, 4) is 0 Å². The van der Waals surface area contributed by atoms with Gasteiger partial charge in [-0.2, -0.15) is 0 Å². The fraction of sp³-hybridized carbons (Fsp3) is 0.545. The van der Waals surface area contributed by atoms with Gasteiger partial charge in [0.15, 0.2) is 0 Å². The zero-order valence-electron chi connectivity index (χ0n) is 8.86. The molecule has 0 fully saturated rings. The first-order chi connectivity index (χ1) is 6.76. The topological polar surface area (TPSA) is 48.1 Å². The Morgan fingerprint density at radius 3 is 2.79 bits per heavy atom. The summed E-state index contributed by atoms with van der Waals surface area (Å²) in [7, 11) is 0. The van der Waals surface area contributed by atoms with Gasteiger partial charge >= 0.3 is 0 Å². The Bertz CT molecular complexity index is 258. The van der Waals surface area contributed by atoms with Crippen LogP contribution in [0.5, 0.6) is 0 Å².